The van der Waals surface area contributed by atoms with Gasteiger partial charge in [0, 0.05) is 55.9 Å². The highest BCUT2D eigenvalue weighted by Crippen LogP contribution is 2.19. The molecule has 0 unspecified atom stereocenters. The molecule has 1 aromatic carbocycles. The number of fused-ring (bicyclic) bond motifs is 1. The molecular formula is C20H32FN5. The van der Waals surface area contributed by atoms with Gasteiger partial charge < -0.3 is 15.6 Å². The summed E-state index contributed by atoms with van der Waals surface area (Å²) in [6.45, 7) is 11.5. The maximum absolute atomic E-state index is 13.3. The Morgan fingerprint density at radius 1 is 1.15 bits per heavy atom. The van der Waals surface area contributed by atoms with Gasteiger partial charge in [-0.2, -0.15) is 0 Å². The monoisotopic (exact) mass is 361 g/mol. The normalized spacial score (nSPS) is 12.6. The van der Waals surface area contributed by atoms with Gasteiger partial charge in [0.05, 0.1) is 0 Å². The van der Waals surface area contributed by atoms with Crippen molar-refractivity contribution in [2.75, 3.05) is 26.7 Å². The minimum atomic E-state index is -0.217. The van der Waals surface area contributed by atoms with Crippen LogP contribution in [0.2, 0.25) is 0 Å². The first-order chi connectivity index (χ1) is 12.4. The Bertz CT molecular complexity index is 712. The van der Waals surface area contributed by atoms with Gasteiger partial charge in [-0.1, -0.05) is 0 Å². The highest BCUT2D eigenvalue weighted by atomic mass is 19.1. The number of rotatable bonds is 8. The maximum atomic E-state index is 13.3. The zero-order valence-electron chi connectivity index (χ0n) is 16.6. The minimum Gasteiger partial charge on any atom is -0.361 e. The van der Waals surface area contributed by atoms with Crippen LogP contribution < -0.4 is 10.6 Å². The molecule has 2 aromatic rings. The Hall–Kier alpha value is -2.08. The quantitative estimate of drug-likeness (QED) is 0.500. The topological polar surface area (TPSA) is 55.5 Å². The standard InChI is InChI=1S/C20H32FN5/c1-14(2)26(15(3)4)11-10-24-20(22-5)23-9-8-16-13-25-19-12-17(21)6-7-18(16)19/h6-7,12-15,25H,8-11H2,1-5H3,(H2,22,23,24). The predicted octanol–water partition coefficient (Wildman–Crippen LogP) is 3.13. The van der Waals surface area contributed by atoms with E-state index in [4.69, 9.17) is 0 Å². The van der Waals surface area contributed by atoms with Crippen molar-refractivity contribution in [3.63, 3.8) is 0 Å². The molecule has 26 heavy (non-hydrogen) atoms. The van der Waals surface area contributed by atoms with Gasteiger partial charge in [-0.05, 0) is 57.9 Å². The molecule has 0 spiro atoms. The van der Waals surface area contributed by atoms with E-state index in [0.717, 1.165) is 42.9 Å². The van der Waals surface area contributed by atoms with E-state index in [1.165, 1.54) is 17.7 Å². The molecule has 0 saturated heterocycles. The summed E-state index contributed by atoms with van der Waals surface area (Å²) < 4.78 is 13.3. The second-order valence-electron chi connectivity index (χ2n) is 7.10. The summed E-state index contributed by atoms with van der Waals surface area (Å²) in [5.74, 6) is 0.591. The predicted molar refractivity (Wildman–Crippen MR) is 108 cm³/mol. The zero-order valence-corrected chi connectivity index (χ0v) is 16.6. The lowest BCUT2D eigenvalue weighted by Crippen LogP contribution is -2.45. The van der Waals surface area contributed by atoms with Crippen LogP contribution >= 0.6 is 0 Å². The van der Waals surface area contributed by atoms with E-state index in [0.29, 0.717) is 12.1 Å². The van der Waals surface area contributed by atoms with Crippen LogP contribution in [-0.2, 0) is 6.42 Å². The van der Waals surface area contributed by atoms with E-state index < -0.39 is 0 Å². The van der Waals surface area contributed by atoms with Gasteiger partial charge in [0.2, 0.25) is 0 Å². The second kappa shape index (κ2) is 9.57. The number of guanidine groups is 1. The van der Waals surface area contributed by atoms with Gasteiger partial charge in [-0.3, -0.25) is 9.89 Å². The first-order valence-corrected chi connectivity index (χ1v) is 9.38. The first-order valence-electron chi connectivity index (χ1n) is 9.38. The van der Waals surface area contributed by atoms with Crippen LogP contribution in [0.15, 0.2) is 29.4 Å². The van der Waals surface area contributed by atoms with Crippen LogP contribution in [0, 0.1) is 5.82 Å². The van der Waals surface area contributed by atoms with Gasteiger partial charge in [-0.15, -0.1) is 0 Å². The number of aromatic amines is 1. The Morgan fingerprint density at radius 3 is 2.50 bits per heavy atom. The van der Waals surface area contributed by atoms with Crippen molar-refractivity contribution >= 4 is 16.9 Å². The van der Waals surface area contributed by atoms with Crippen LogP contribution in [0.3, 0.4) is 0 Å². The Balaban J connectivity index is 1.80. The molecule has 0 aliphatic heterocycles. The summed E-state index contributed by atoms with van der Waals surface area (Å²) in [6.07, 6.45) is 2.79. The molecule has 0 aliphatic rings. The van der Waals surface area contributed by atoms with Crippen molar-refractivity contribution in [1.29, 1.82) is 0 Å². The molecule has 0 radical (unpaired) electrons. The second-order valence-corrected chi connectivity index (χ2v) is 7.10. The van der Waals surface area contributed by atoms with Crippen LogP contribution in [0.25, 0.3) is 10.9 Å². The highest BCUT2D eigenvalue weighted by Gasteiger charge is 2.12. The molecule has 3 N–H and O–H groups in total. The molecule has 0 atom stereocenters. The van der Waals surface area contributed by atoms with E-state index in [2.05, 4.69) is 53.2 Å². The fraction of sp³-hybridized carbons (Fsp3) is 0.550. The lowest BCUT2D eigenvalue weighted by atomic mass is 10.1. The van der Waals surface area contributed by atoms with E-state index in [1.807, 2.05) is 12.3 Å². The van der Waals surface area contributed by atoms with E-state index in [9.17, 15) is 4.39 Å². The van der Waals surface area contributed by atoms with E-state index in [1.54, 1.807) is 7.05 Å². The number of hydrogen-bond donors (Lipinski definition) is 3. The van der Waals surface area contributed by atoms with E-state index >= 15 is 0 Å². The number of H-pyrrole nitrogens is 1. The molecule has 2 rings (SSSR count). The third-order valence-corrected chi connectivity index (χ3v) is 4.63. The number of nitrogens with one attached hydrogen (secondary N) is 3. The fourth-order valence-electron chi connectivity index (χ4n) is 3.32. The largest absolute Gasteiger partial charge is 0.361 e. The van der Waals surface area contributed by atoms with Crippen molar-refractivity contribution in [1.82, 2.24) is 20.5 Å². The third-order valence-electron chi connectivity index (χ3n) is 4.63. The van der Waals surface area contributed by atoms with Crippen LogP contribution in [-0.4, -0.2) is 54.6 Å². The fourth-order valence-corrected chi connectivity index (χ4v) is 3.32. The molecule has 0 fully saturated rings. The summed E-state index contributed by atoms with van der Waals surface area (Å²) in [5.41, 5.74) is 2.01. The zero-order chi connectivity index (χ0) is 19.1. The SMILES string of the molecule is CN=C(NCCc1c[nH]c2cc(F)ccc12)NCCN(C(C)C)C(C)C. The third kappa shape index (κ3) is 5.46. The lowest BCUT2D eigenvalue weighted by molar-refractivity contribution is 0.178. The van der Waals surface area contributed by atoms with Crippen molar-refractivity contribution in [2.45, 2.75) is 46.2 Å². The van der Waals surface area contributed by atoms with E-state index in [-0.39, 0.29) is 5.82 Å². The molecule has 0 bridgehead atoms. The molecule has 5 nitrogen and oxygen atoms in total. The summed E-state index contributed by atoms with van der Waals surface area (Å²) in [7, 11) is 1.78. The average Bonchev–Trinajstić information content (AvgIpc) is 2.98. The van der Waals surface area contributed by atoms with Crippen molar-refractivity contribution in [3.8, 4) is 0 Å². The first kappa shape index (κ1) is 20.2. The van der Waals surface area contributed by atoms with Crippen LogP contribution in [0.4, 0.5) is 4.39 Å². The Labute approximate surface area is 156 Å². The van der Waals surface area contributed by atoms with Gasteiger partial charge in [0.15, 0.2) is 5.96 Å². The number of hydrogen-bond acceptors (Lipinski definition) is 2. The molecule has 1 aromatic heterocycles. The molecule has 0 amide bonds. The molecule has 6 heteroatoms. The number of benzene rings is 1. The number of halogens is 1. The molecule has 1 heterocycles. The Kier molecular flexibility index (Phi) is 7.45. The number of aliphatic imine (C=N–C) groups is 1. The minimum absolute atomic E-state index is 0.217. The van der Waals surface area contributed by atoms with Crippen LogP contribution in [0.1, 0.15) is 33.3 Å². The van der Waals surface area contributed by atoms with Gasteiger partial charge in [0.1, 0.15) is 5.82 Å². The van der Waals surface area contributed by atoms with Crippen LogP contribution in [0.5, 0.6) is 0 Å². The highest BCUT2D eigenvalue weighted by molar-refractivity contribution is 5.83. The van der Waals surface area contributed by atoms with Gasteiger partial charge >= 0.3 is 0 Å². The smallest absolute Gasteiger partial charge is 0.191 e. The molecule has 0 aliphatic carbocycles. The summed E-state index contributed by atoms with van der Waals surface area (Å²) in [6, 6.07) is 5.91. The number of aromatic nitrogens is 1. The van der Waals surface area contributed by atoms with Crippen molar-refractivity contribution in [2.24, 2.45) is 4.99 Å². The Morgan fingerprint density at radius 2 is 1.85 bits per heavy atom. The number of nitrogens with zero attached hydrogens (tertiary/aromatic N) is 2. The van der Waals surface area contributed by atoms with Crippen molar-refractivity contribution < 1.29 is 4.39 Å². The van der Waals surface area contributed by atoms with Crippen molar-refractivity contribution in [3.05, 3.63) is 35.8 Å². The molecule has 0 saturated carbocycles. The summed E-state index contributed by atoms with van der Waals surface area (Å²) in [4.78, 5) is 9.87. The van der Waals surface area contributed by atoms with Gasteiger partial charge in [0.25, 0.3) is 0 Å². The lowest BCUT2D eigenvalue weighted by Gasteiger charge is -2.30. The van der Waals surface area contributed by atoms with Gasteiger partial charge in [-0.25, -0.2) is 4.39 Å². The summed E-state index contributed by atoms with van der Waals surface area (Å²) in [5, 5.41) is 7.79. The average molecular weight is 362 g/mol. The molecular weight excluding hydrogens is 329 g/mol. The molecule has 144 valence electrons. The summed E-state index contributed by atoms with van der Waals surface area (Å²) >= 11 is 0. The maximum Gasteiger partial charge on any atom is 0.191 e.